The molecule has 0 heterocycles. The standard InChI is InChI=1S/C20H28O2/c1-19-9-3-4-16(19)15-6-5-14-12-13(18(21)22)7-11-20(14,2)17(15)8-10-19/h3-4,9,13-15,17H,5-8,10-12H2,1-2H3,(H,21,22)/t13?,14?,15-,17-,19-,20-/m0/s1. The number of allylic oxidation sites excluding steroid dienone is 4. The van der Waals surface area contributed by atoms with E-state index in [0.29, 0.717) is 16.7 Å². The highest BCUT2D eigenvalue weighted by molar-refractivity contribution is 5.70. The van der Waals surface area contributed by atoms with Crippen LogP contribution in [0.25, 0.3) is 0 Å². The third kappa shape index (κ3) is 1.88. The zero-order valence-corrected chi connectivity index (χ0v) is 13.8. The average molecular weight is 300 g/mol. The summed E-state index contributed by atoms with van der Waals surface area (Å²) in [6.07, 6.45) is 15.1. The van der Waals surface area contributed by atoms with E-state index in [-0.39, 0.29) is 5.92 Å². The topological polar surface area (TPSA) is 37.3 Å². The van der Waals surface area contributed by atoms with Crippen molar-refractivity contribution in [2.75, 3.05) is 0 Å². The smallest absolute Gasteiger partial charge is 0.306 e. The van der Waals surface area contributed by atoms with Crippen molar-refractivity contribution in [3.05, 3.63) is 23.8 Å². The molecule has 22 heavy (non-hydrogen) atoms. The summed E-state index contributed by atoms with van der Waals surface area (Å²) < 4.78 is 0. The van der Waals surface area contributed by atoms with Gasteiger partial charge in [-0.2, -0.15) is 0 Å². The van der Waals surface area contributed by atoms with Crippen molar-refractivity contribution >= 4 is 5.97 Å². The van der Waals surface area contributed by atoms with Crippen molar-refractivity contribution in [3.8, 4) is 0 Å². The van der Waals surface area contributed by atoms with Gasteiger partial charge in [0, 0.05) is 5.41 Å². The van der Waals surface area contributed by atoms with Crippen LogP contribution in [0.2, 0.25) is 0 Å². The SMILES string of the molecule is C[C@@]12C=CC=C1[C@@H]1CCC3CC(C(=O)O)CC[C@]3(C)[C@H]1CC2. The molecule has 120 valence electrons. The molecule has 3 fully saturated rings. The maximum absolute atomic E-state index is 11.4. The fourth-order valence-electron chi connectivity index (χ4n) is 6.41. The predicted molar refractivity (Wildman–Crippen MR) is 87.4 cm³/mol. The van der Waals surface area contributed by atoms with Crippen LogP contribution >= 0.6 is 0 Å². The Morgan fingerprint density at radius 1 is 1.18 bits per heavy atom. The number of hydrogen-bond acceptors (Lipinski definition) is 1. The lowest BCUT2D eigenvalue weighted by Crippen LogP contribution is -2.51. The molecule has 6 atom stereocenters. The highest BCUT2D eigenvalue weighted by Gasteiger charge is 2.55. The number of hydrogen-bond donors (Lipinski definition) is 1. The minimum absolute atomic E-state index is 0.0872. The first kappa shape index (κ1) is 14.5. The molecule has 0 bridgehead atoms. The lowest BCUT2D eigenvalue weighted by molar-refractivity contribution is -0.147. The maximum atomic E-state index is 11.4. The molecule has 4 aliphatic rings. The molecule has 4 aliphatic carbocycles. The molecule has 0 aromatic carbocycles. The van der Waals surface area contributed by atoms with Crippen molar-refractivity contribution in [3.63, 3.8) is 0 Å². The first-order chi connectivity index (χ1) is 10.4. The van der Waals surface area contributed by atoms with Gasteiger partial charge < -0.3 is 5.11 Å². The van der Waals surface area contributed by atoms with Crippen LogP contribution in [-0.4, -0.2) is 11.1 Å². The van der Waals surface area contributed by atoms with Gasteiger partial charge in [-0.15, -0.1) is 0 Å². The monoisotopic (exact) mass is 300 g/mol. The van der Waals surface area contributed by atoms with Crippen LogP contribution in [0.4, 0.5) is 0 Å². The van der Waals surface area contributed by atoms with Gasteiger partial charge in [-0.3, -0.25) is 4.79 Å². The molecule has 3 saturated carbocycles. The average Bonchev–Trinajstić information content (AvgIpc) is 2.88. The van der Waals surface area contributed by atoms with Crippen molar-refractivity contribution in [1.82, 2.24) is 0 Å². The first-order valence-corrected chi connectivity index (χ1v) is 9.07. The number of rotatable bonds is 1. The van der Waals surface area contributed by atoms with E-state index in [2.05, 4.69) is 32.1 Å². The van der Waals surface area contributed by atoms with Crippen molar-refractivity contribution in [2.24, 2.45) is 34.5 Å². The van der Waals surface area contributed by atoms with Crippen molar-refractivity contribution in [1.29, 1.82) is 0 Å². The van der Waals surface area contributed by atoms with Gasteiger partial charge in [-0.1, -0.05) is 37.6 Å². The second-order valence-electron chi connectivity index (χ2n) is 8.74. The second kappa shape index (κ2) is 4.72. The third-order valence-corrected chi connectivity index (χ3v) is 7.81. The number of carbonyl (C=O) groups is 1. The minimum Gasteiger partial charge on any atom is -0.481 e. The summed E-state index contributed by atoms with van der Waals surface area (Å²) in [6.45, 7) is 4.90. The van der Waals surface area contributed by atoms with Crippen LogP contribution in [0.15, 0.2) is 23.8 Å². The Morgan fingerprint density at radius 3 is 2.77 bits per heavy atom. The van der Waals surface area contributed by atoms with E-state index in [1.54, 1.807) is 5.57 Å². The van der Waals surface area contributed by atoms with Crippen LogP contribution in [0.3, 0.4) is 0 Å². The molecule has 4 rings (SSSR count). The fraction of sp³-hybridized carbons (Fsp3) is 0.750. The Balaban J connectivity index is 1.61. The predicted octanol–water partition coefficient (Wildman–Crippen LogP) is 4.82. The van der Waals surface area contributed by atoms with Gasteiger partial charge in [0.05, 0.1) is 5.92 Å². The molecule has 0 aliphatic heterocycles. The van der Waals surface area contributed by atoms with Gasteiger partial charge in [0.2, 0.25) is 0 Å². The Morgan fingerprint density at radius 2 is 2.00 bits per heavy atom. The van der Waals surface area contributed by atoms with E-state index in [4.69, 9.17) is 0 Å². The van der Waals surface area contributed by atoms with Gasteiger partial charge in [-0.05, 0) is 68.1 Å². The molecule has 0 aromatic heterocycles. The van der Waals surface area contributed by atoms with Crippen LogP contribution in [0.1, 0.15) is 58.8 Å². The van der Waals surface area contributed by atoms with Crippen LogP contribution in [0, 0.1) is 34.5 Å². The molecule has 0 saturated heterocycles. The van der Waals surface area contributed by atoms with E-state index in [1.807, 2.05) is 0 Å². The normalized spacial score (nSPS) is 49.8. The highest BCUT2D eigenvalue weighted by Crippen LogP contribution is 2.64. The number of carboxylic acids is 1. The van der Waals surface area contributed by atoms with Gasteiger partial charge in [0.25, 0.3) is 0 Å². The molecule has 2 nitrogen and oxygen atoms in total. The zero-order valence-electron chi connectivity index (χ0n) is 13.8. The van der Waals surface area contributed by atoms with Crippen molar-refractivity contribution in [2.45, 2.75) is 58.8 Å². The van der Waals surface area contributed by atoms with E-state index in [9.17, 15) is 9.90 Å². The molecule has 2 unspecified atom stereocenters. The number of aliphatic carboxylic acids is 1. The maximum Gasteiger partial charge on any atom is 0.306 e. The quantitative estimate of drug-likeness (QED) is 0.754. The number of fused-ring (bicyclic) bond motifs is 5. The summed E-state index contributed by atoms with van der Waals surface area (Å²) in [6, 6.07) is 0. The first-order valence-electron chi connectivity index (χ1n) is 9.07. The largest absolute Gasteiger partial charge is 0.481 e. The summed E-state index contributed by atoms with van der Waals surface area (Å²) >= 11 is 0. The minimum atomic E-state index is -0.567. The molecular formula is C20H28O2. The number of carboxylic acid groups (broad SMARTS) is 1. The molecule has 0 radical (unpaired) electrons. The third-order valence-electron chi connectivity index (χ3n) is 7.81. The molecule has 1 N–H and O–H groups in total. The highest BCUT2D eigenvalue weighted by atomic mass is 16.4. The van der Waals surface area contributed by atoms with E-state index < -0.39 is 5.97 Å². The summed E-state index contributed by atoms with van der Waals surface area (Å²) in [5.41, 5.74) is 2.38. The van der Waals surface area contributed by atoms with E-state index in [1.165, 1.54) is 25.7 Å². The zero-order chi connectivity index (χ0) is 15.5. The molecule has 0 aromatic rings. The van der Waals surface area contributed by atoms with Gasteiger partial charge >= 0.3 is 5.97 Å². The Kier molecular flexibility index (Phi) is 3.12. The summed E-state index contributed by atoms with van der Waals surface area (Å²) in [5.74, 6) is 1.50. The molecular weight excluding hydrogens is 272 g/mol. The Labute approximate surface area is 133 Å². The van der Waals surface area contributed by atoms with E-state index in [0.717, 1.165) is 31.1 Å². The van der Waals surface area contributed by atoms with Crippen molar-refractivity contribution < 1.29 is 9.90 Å². The Bertz CT molecular complexity index is 560. The second-order valence-corrected chi connectivity index (χ2v) is 8.74. The van der Waals surface area contributed by atoms with Gasteiger partial charge in [0.1, 0.15) is 0 Å². The fourth-order valence-corrected chi connectivity index (χ4v) is 6.41. The van der Waals surface area contributed by atoms with E-state index >= 15 is 0 Å². The lowest BCUT2D eigenvalue weighted by Gasteiger charge is -2.59. The van der Waals surface area contributed by atoms with Gasteiger partial charge in [-0.25, -0.2) is 0 Å². The molecule has 0 spiro atoms. The van der Waals surface area contributed by atoms with Crippen LogP contribution < -0.4 is 0 Å². The summed E-state index contributed by atoms with van der Waals surface area (Å²) in [4.78, 5) is 11.4. The summed E-state index contributed by atoms with van der Waals surface area (Å²) in [7, 11) is 0. The lowest BCUT2D eigenvalue weighted by atomic mass is 9.46. The van der Waals surface area contributed by atoms with Crippen LogP contribution in [-0.2, 0) is 4.79 Å². The molecule has 0 amide bonds. The molecule has 2 heteroatoms. The van der Waals surface area contributed by atoms with Gasteiger partial charge in [0.15, 0.2) is 0 Å². The Hall–Kier alpha value is -1.05. The van der Waals surface area contributed by atoms with Crippen LogP contribution in [0.5, 0.6) is 0 Å². The summed E-state index contributed by atoms with van der Waals surface area (Å²) in [5, 5.41) is 9.38.